The van der Waals surface area contributed by atoms with Gasteiger partial charge in [-0.05, 0) is 89.7 Å². The molecule has 0 aromatic heterocycles. The van der Waals surface area contributed by atoms with Gasteiger partial charge in [0, 0.05) is 17.5 Å². The molecule has 9 heteroatoms. The summed E-state index contributed by atoms with van der Waals surface area (Å²) in [6.07, 6.45) is 0.975. The van der Waals surface area contributed by atoms with Crippen molar-refractivity contribution in [2.45, 2.75) is 110 Å². The van der Waals surface area contributed by atoms with Crippen LogP contribution in [-0.4, -0.2) is 60.4 Å². The molecule has 220 valence electrons. The number of nitrogens with zero attached hydrogens (tertiary/aromatic N) is 1. The van der Waals surface area contributed by atoms with Gasteiger partial charge in [-0.1, -0.05) is 53.7 Å². The summed E-state index contributed by atoms with van der Waals surface area (Å²) in [4.78, 5) is 20.5. The van der Waals surface area contributed by atoms with E-state index < -0.39 is 32.5 Å². The number of hydroxylamine groups is 2. The van der Waals surface area contributed by atoms with E-state index in [1.165, 1.54) is 6.42 Å². The van der Waals surface area contributed by atoms with E-state index in [0.717, 1.165) is 9.99 Å². The molecule has 1 aromatic rings. The zero-order valence-corrected chi connectivity index (χ0v) is 28.3. The third kappa shape index (κ3) is 5.95. The molecular formula is C30H49IN2O5Si. The quantitative estimate of drug-likeness (QED) is 0.243. The average Bonchev–Trinajstić information content (AvgIpc) is 3.19. The smallest absolute Gasteiger partial charge is 0.240 e. The van der Waals surface area contributed by atoms with Crippen LogP contribution < -0.4 is 5.32 Å². The van der Waals surface area contributed by atoms with Crippen molar-refractivity contribution >= 4 is 36.8 Å². The molecule has 1 heterocycles. The Morgan fingerprint density at radius 1 is 1.31 bits per heavy atom. The molecule has 39 heavy (non-hydrogen) atoms. The van der Waals surface area contributed by atoms with Gasteiger partial charge in [-0.25, -0.2) is 0 Å². The van der Waals surface area contributed by atoms with Gasteiger partial charge in [0.15, 0.2) is 8.32 Å². The van der Waals surface area contributed by atoms with Crippen molar-refractivity contribution in [2.75, 3.05) is 6.61 Å². The molecule has 4 aliphatic rings. The largest absolute Gasteiger partial charge is 0.507 e. The van der Waals surface area contributed by atoms with Gasteiger partial charge in [0.05, 0.1) is 22.8 Å². The summed E-state index contributed by atoms with van der Waals surface area (Å²) >= 11 is 2.11. The number of carbonyl (C=O) groups is 1. The Kier molecular flexibility index (Phi) is 8.94. The lowest BCUT2D eigenvalue weighted by Crippen LogP contribution is -2.62. The van der Waals surface area contributed by atoms with Gasteiger partial charge in [0.25, 0.3) is 0 Å². The summed E-state index contributed by atoms with van der Waals surface area (Å²) in [5.74, 6) is 1.24. The highest BCUT2D eigenvalue weighted by atomic mass is 127. The van der Waals surface area contributed by atoms with Crippen molar-refractivity contribution in [3.63, 3.8) is 0 Å². The number of amides is 1. The number of para-hydroxylation sites is 1. The Morgan fingerprint density at radius 3 is 2.54 bits per heavy atom. The SMILES string of the molecule is C[C@@H]1[C@@H](NC(=O)[C@@H]2[C@H]([C@H](C)O)[C@H](CO[Si](C)(C)C(C)(C)C)ON2Cc2cccc(I)c2O)CC2C[C@@H]1C2(C)C. The fraction of sp³-hybridized carbons (Fsp3) is 0.767. The van der Waals surface area contributed by atoms with Crippen LogP contribution in [0, 0.1) is 32.7 Å². The maximum absolute atomic E-state index is 14.1. The molecule has 0 spiro atoms. The summed E-state index contributed by atoms with van der Waals surface area (Å²) in [6, 6.07) is 5.00. The zero-order chi connectivity index (χ0) is 29.1. The van der Waals surface area contributed by atoms with Gasteiger partial charge < -0.3 is 20.0 Å². The number of hydrogen-bond donors (Lipinski definition) is 3. The molecule has 7 nitrogen and oxygen atoms in total. The van der Waals surface area contributed by atoms with E-state index >= 15 is 0 Å². The van der Waals surface area contributed by atoms with Gasteiger partial charge >= 0.3 is 0 Å². The summed E-state index contributed by atoms with van der Waals surface area (Å²) in [5.41, 5.74) is 1.02. The molecule has 8 atom stereocenters. The number of fused-ring (bicyclic) bond motifs is 2. The predicted molar refractivity (Wildman–Crippen MR) is 164 cm³/mol. The van der Waals surface area contributed by atoms with Crippen LogP contribution >= 0.6 is 22.6 Å². The topological polar surface area (TPSA) is 91.3 Å². The van der Waals surface area contributed by atoms with Crippen LogP contribution in [0.3, 0.4) is 0 Å². The van der Waals surface area contributed by atoms with E-state index in [0.29, 0.717) is 35.3 Å². The lowest BCUT2D eigenvalue weighted by molar-refractivity contribution is -0.182. The minimum Gasteiger partial charge on any atom is -0.507 e. The number of rotatable bonds is 8. The lowest BCUT2D eigenvalue weighted by atomic mass is 9.45. The number of halogens is 1. The second-order valence-corrected chi connectivity index (χ2v) is 20.3. The number of aliphatic hydroxyl groups excluding tert-OH is 1. The number of benzene rings is 1. The van der Waals surface area contributed by atoms with Crippen LogP contribution in [0.25, 0.3) is 0 Å². The van der Waals surface area contributed by atoms with Crippen molar-refractivity contribution in [3.05, 3.63) is 27.3 Å². The third-order valence-corrected chi connectivity index (χ3v) is 16.1. The van der Waals surface area contributed by atoms with Gasteiger partial charge in [-0.3, -0.25) is 9.63 Å². The normalized spacial score (nSPS) is 33.5. The van der Waals surface area contributed by atoms with Crippen LogP contribution in [0.5, 0.6) is 5.75 Å². The molecule has 4 fully saturated rings. The molecule has 3 saturated carbocycles. The van der Waals surface area contributed by atoms with Crippen molar-refractivity contribution in [2.24, 2.45) is 29.1 Å². The number of aliphatic hydroxyl groups is 1. The molecule has 0 radical (unpaired) electrons. The highest BCUT2D eigenvalue weighted by molar-refractivity contribution is 14.1. The standard InChI is InChI=1S/C30H49IN2O5Si/c1-17-21-13-20(30(21,6)7)14-23(17)32-28(36)26-25(18(2)34)24(16-37-39(8,9)29(3,4)5)38-33(26)15-19-11-10-12-22(31)27(19)35/h10-12,17-18,20-21,23-26,34-35H,13-16H2,1-9H3,(H,32,36)/t17-,18-,20?,21-,23-,24-,25+,26-/m0/s1. The molecule has 1 saturated heterocycles. The Hall–Kier alpha value is -0.723. The zero-order valence-electron chi connectivity index (χ0n) is 25.1. The van der Waals surface area contributed by atoms with E-state index in [4.69, 9.17) is 9.26 Å². The van der Waals surface area contributed by atoms with Crippen LogP contribution in [0.2, 0.25) is 18.1 Å². The van der Waals surface area contributed by atoms with E-state index in [1.807, 2.05) is 18.2 Å². The van der Waals surface area contributed by atoms with Crippen molar-refractivity contribution in [1.29, 1.82) is 0 Å². The molecule has 2 bridgehead atoms. The predicted octanol–water partition coefficient (Wildman–Crippen LogP) is 5.69. The van der Waals surface area contributed by atoms with Crippen molar-refractivity contribution in [1.82, 2.24) is 10.4 Å². The lowest BCUT2D eigenvalue weighted by Gasteiger charge is -2.62. The molecule has 3 N–H and O–H groups in total. The monoisotopic (exact) mass is 672 g/mol. The second kappa shape index (κ2) is 11.2. The van der Waals surface area contributed by atoms with Crippen LogP contribution in [0.4, 0.5) is 0 Å². The molecule has 3 aliphatic carbocycles. The summed E-state index contributed by atoms with van der Waals surface area (Å²) < 4.78 is 7.27. The summed E-state index contributed by atoms with van der Waals surface area (Å²) in [7, 11) is -2.08. The first-order chi connectivity index (χ1) is 18.0. The minimum atomic E-state index is -2.08. The second-order valence-electron chi connectivity index (χ2n) is 14.4. The molecule has 1 amide bonds. The van der Waals surface area contributed by atoms with E-state index in [1.54, 1.807) is 12.0 Å². The van der Waals surface area contributed by atoms with Gasteiger partial charge in [-0.2, -0.15) is 5.06 Å². The van der Waals surface area contributed by atoms with Gasteiger partial charge in [-0.15, -0.1) is 0 Å². The Bertz CT molecular complexity index is 1060. The number of phenols is 1. The summed E-state index contributed by atoms with van der Waals surface area (Å²) in [6.45, 7) is 20.2. The number of hydrogen-bond acceptors (Lipinski definition) is 6. The van der Waals surface area contributed by atoms with E-state index in [2.05, 4.69) is 82.5 Å². The first-order valence-electron chi connectivity index (χ1n) is 14.5. The van der Waals surface area contributed by atoms with Crippen LogP contribution in [0.15, 0.2) is 18.2 Å². The van der Waals surface area contributed by atoms with Gasteiger partial charge in [0.2, 0.25) is 5.91 Å². The maximum atomic E-state index is 14.1. The highest BCUT2D eigenvalue weighted by Gasteiger charge is 2.57. The third-order valence-electron chi connectivity index (χ3n) is 10.7. The number of phenolic OH excluding ortho intramolecular Hbond substituents is 1. The molecule has 5 rings (SSSR count). The van der Waals surface area contributed by atoms with Crippen LogP contribution in [0.1, 0.15) is 66.9 Å². The van der Waals surface area contributed by atoms with E-state index in [-0.39, 0.29) is 29.3 Å². The Labute approximate surface area is 249 Å². The minimum absolute atomic E-state index is 0.0284. The van der Waals surface area contributed by atoms with Gasteiger partial charge in [0.1, 0.15) is 17.9 Å². The number of nitrogens with one attached hydrogen (secondary N) is 1. The van der Waals surface area contributed by atoms with Crippen molar-refractivity contribution < 1.29 is 24.3 Å². The summed E-state index contributed by atoms with van der Waals surface area (Å²) in [5, 5.41) is 26.8. The number of carbonyl (C=O) groups excluding carboxylic acids is 1. The molecule has 1 unspecified atom stereocenters. The molecule has 1 aliphatic heterocycles. The first-order valence-corrected chi connectivity index (χ1v) is 18.5. The highest BCUT2D eigenvalue weighted by Crippen LogP contribution is 2.61. The van der Waals surface area contributed by atoms with E-state index in [9.17, 15) is 15.0 Å². The fourth-order valence-corrected chi connectivity index (χ4v) is 8.40. The molecule has 1 aromatic carbocycles. The first kappa shape index (κ1) is 31.2. The van der Waals surface area contributed by atoms with Crippen molar-refractivity contribution in [3.8, 4) is 5.75 Å². The maximum Gasteiger partial charge on any atom is 0.240 e. The average molecular weight is 673 g/mol. The fourth-order valence-electron chi connectivity index (χ4n) is 6.83. The van der Waals surface area contributed by atoms with Crippen LogP contribution in [-0.2, 0) is 20.6 Å². The Morgan fingerprint density at radius 2 is 1.97 bits per heavy atom. The number of aromatic hydroxyl groups is 1. The molecular weight excluding hydrogens is 623 g/mol. The Balaban J connectivity index is 1.59.